The van der Waals surface area contributed by atoms with Crippen molar-refractivity contribution in [3.05, 3.63) is 69.9 Å². The van der Waals surface area contributed by atoms with E-state index >= 15 is 0 Å². The molecule has 0 radical (unpaired) electrons. The highest BCUT2D eigenvalue weighted by molar-refractivity contribution is 7.97. The van der Waals surface area contributed by atoms with Gasteiger partial charge in [0.2, 0.25) is 0 Å². The Morgan fingerprint density at radius 2 is 1.92 bits per heavy atom. The molecule has 2 aromatic rings. The van der Waals surface area contributed by atoms with Crippen molar-refractivity contribution in [1.29, 1.82) is 5.26 Å². The lowest BCUT2D eigenvalue weighted by Crippen LogP contribution is -2.29. The summed E-state index contributed by atoms with van der Waals surface area (Å²) in [7, 11) is 0. The number of hydrogen-bond acceptors (Lipinski definition) is 8. The maximum absolute atomic E-state index is 12.7. The van der Waals surface area contributed by atoms with Crippen LogP contribution in [0.25, 0.3) is 0 Å². The van der Waals surface area contributed by atoms with Gasteiger partial charge in [0.25, 0.3) is 5.56 Å². The molecule has 1 aromatic heterocycles. The first-order valence-corrected chi connectivity index (χ1v) is 14.0. The molecule has 37 heavy (non-hydrogen) atoms. The van der Waals surface area contributed by atoms with Gasteiger partial charge in [-0.25, -0.2) is 10.8 Å². The van der Waals surface area contributed by atoms with E-state index in [2.05, 4.69) is 21.4 Å². The number of aliphatic imine (C=N–C) groups is 1. The number of amidine groups is 1. The van der Waals surface area contributed by atoms with Crippen LogP contribution >= 0.6 is 11.8 Å². The maximum Gasteiger partial charge on any atom is 0.261 e. The molecule has 10 heteroatoms. The van der Waals surface area contributed by atoms with Gasteiger partial charge in [-0.3, -0.25) is 4.79 Å². The second-order valence-electron chi connectivity index (χ2n) is 8.25. The van der Waals surface area contributed by atoms with Crippen molar-refractivity contribution >= 4 is 29.0 Å². The molecule has 0 bridgehead atoms. The lowest BCUT2D eigenvalue weighted by atomic mass is 9.95. The van der Waals surface area contributed by atoms with Crippen molar-refractivity contribution in [3.63, 3.8) is 0 Å². The number of H-pyrrole nitrogens is 1. The van der Waals surface area contributed by atoms with Crippen LogP contribution in [0.4, 0.5) is 11.4 Å². The van der Waals surface area contributed by atoms with E-state index in [1.165, 1.54) is 37.4 Å². The molecular formula is C27H42N8OS. The van der Waals surface area contributed by atoms with E-state index in [1.54, 1.807) is 30.2 Å². The average Bonchev–Trinajstić information content (AvgIpc) is 2.86. The van der Waals surface area contributed by atoms with Crippen LogP contribution in [0.15, 0.2) is 52.6 Å². The maximum atomic E-state index is 12.7. The van der Waals surface area contributed by atoms with Crippen LogP contribution in [0.2, 0.25) is 0 Å². The molecule has 0 unspecified atom stereocenters. The first-order valence-electron chi connectivity index (χ1n) is 12.6. The molecular weight excluding hydrogens is 484 g/mol. The highest BCUT2D eigenvalue weighted by Crippen LogP contribution is 2.25. The van der Waals surface area contributed by atoms with Crippen molar-refractivity contribution < 1.29 is 0 Å². The van der Waals surface area contributed by atoms with Crippen LogP contribution in [0.5, 0.6) is 0 Å². The number of hydrazine groups is 1. The summed E-state index contributed by atoms with van der Waals surface area (Å²) in [5, 5.41) is 12.3. The number of rotatable bonds is 9. The fourth-order valence-corrected chi connectivity index (χ4v) is 4.54. The normalized spacial score (nSPS) is 13.6. The van der Waals surface area contributed by atoms with Gasteiger partial charge in [-0.1, -0.05) is 39.2 Å². The van der Waals surface area contributed by atoms with Gasteiger partial charge in [0, 0.05) is 37.3 Å². The summed E-state index contributed by atoms with van der Waals surface area (Å²) in [5.74, 6) is 6.97. The number of anilines is 1. The van der Waals surface area contributed by atoms with E-state index in [9.17, 15) is 4.79 Å². The summed E-state index contributed by atoms with van der Waals surface area (Å²) in [6, 6.07) is 9.94. The van der Waals surface area contributed by atoms with E-state index in [1.807, 2.05) is 38.3 Å². The molecule has 1 fully saturated rings. The Kier molecular flexibility index (Phi) is 15.3. The van der Waals surface area contributed by atoms with Gasteiger partial charge in [0.15, 0.2) is 0 Å². The zero-order valence-corrected chi connectivity index (χ0v) is 23.3. The largest absolute Gasteiger partial charge is 0.403 e. The molecule has 8 N–H and O–H groups in total. The second kappa shape index (κ2) is 17.9. The van der Waals surface area contributed by atoms with Crippen LogP contribution in [0.3, 0.4) is 0 Å². The van der Waals surface area contributed by atoms with Crippen LogP contribution in [0, 0.1) is 11.3 Å². The second-order valence-corrected chi connectivity index (χ2v) is 9.12. The fraction of sp³-hybridized carbons (Fsp3) is 0.444. The summed E-state index contributed by atoms with van der Waals surface area (Å²) in [6.45, 7) is 5.90. The van der Waals surface area contributed by atoms with Crippen molar-refractivity contribution in [2.45, 2.75) is 71.2 Å². The highest BCUT2D eigenvalue weighted by Gasteiger charge is 2.18. The van der Waals surface area contributed by atoms with Crippen molar-refractivity contribution in [3.8, 4) is 6.07 Å². The van der Waals surface area contributed by atoms with E-state index < -0.39 is 0 Å². The Labute approximate surface area is 225 Å². The molecule has 1 aliphatic rings. The minimum Gasteiger partial charge on any atom is -0.403 e. The van der Waals surface area contributed by atoms with Crippen molar-refractivity contribution in [1.82, 2.24) is 9.99 Å². The van der Waals surface area contributed by atoms with Gasteiger partial charge in [-0.05, 0) is 48.4 Å². The third-order valence-corrected chi connectivity index (χ3v) is 6.04. The number of nitrogens with zero attached hydrogens (tertiary/aromatic N) is 3. The molecule has 9 nitrogen and oxygen atoms in total. The van der Waals surface area contributed by atoms with Crippen LogP contribution in [-0.2, 0) is 12.3 Å². The number of thioether (sulfide) groups is 1. The quantitative estimate of drug-likeness (QED) is 0.136. The lowest BCUT2D eigenvalue weighted by Gasteiger charge is -2.24. The molecule has 1 aliphatic carbocycles. The minimum absolute atomic E-state index is 0.184. The van der Waals surface area contributed by atoms with Gasteiger partial charge in [-0.2, -0.15) is 17.0 Å². The zero-order chi connectivity index (χ0) is 27.6. The first-order chi connectivity index (χ1) is 17.9. The van der Waals surface area contributed by atoms with E-state index in [-0.39, 0.29) is 11.4 Å². The summed E-state index contributed by atoms with van der Waals surface area (Å²) in [5.41, 5.74) is 15.4. The fourth-order valence-electron chi connectivity index (χ4n) is 4.04. The van der Waals surface area contributed by atoms with E-state index in [0.717, 1.165) is 35.4 Å². The Morgan fingerprint density at radius 3 is 2.54 bits per heavy atom. The Morgan fingerprint density at radius 1 is 1.27 bits per heavy atom. The molecule has 3 rings (SSSR count). The predicted octanol–water partition coefficient (Wildman–Crippen LogP) is 4.68. The summed E-state index contributed by atoms with van der Waals surface area (Å²) in [6.07, 6.45) is 12.5. The summed E-state index contributed by atoms with van der Waals surface area (Å²) >= 11 is 1.72. The Balaban J connectivity index is 0.00000127. The smallest absolute Gasteiger partial charge is 0.261 e. The molecule has 1 heterocycles. The number of nitrogens with two attached hydrogens (primary N) is 3. The minimum atomic E-state index is -0.256. The topological polar surface area (TPSA) is 162 Å². The van der Waals surface area contributed by atoms with Gasteiger partial charge < -0.3 is 26.8 Å². The molecule has 0 amide bonds. The average molecular weight is 527 g/mol. The van der Waals surface area contributed by atoms with Crippen molar-refractivity contribution in [2.75, 3.05) is 11.6 Å². The van der Waals surface area contributed by atoms with Gasteiger partial charge >= 0.3 is 0 Å². The van der Waals surface area contributed by atoms with Crippen molar-refractivity contribution in [2.24, 2.45) is 22.3 Å². The Bertz CT molecular complexity index is 1100. The SMILES string of the molecule is CC.CC#N.CSCc1cc(CN(N)/C=C\N)cc(N=C(N)c2c(NC3CCCCC3)cc[nH]c2=O)c1. The van der Waals surface area contributed by atoms with Gasteiger partial charge in [0.1, 0.15) is 11.4 Å². The molecule has 1 saturated carbocycles. The number of nitrogens with one attached hydrogen (secondary N) is 2. The zero-order valence-electron chi connectivity index (χ0n) is 22.5. The predicted molar refractivity (Wildman–Crippen MR) is 157 cm³/mol. The number of aromatic amines is 1. The number of aromatic nitrogens is 1. The highest BCUT2D eigenvalue weighted by atomic mass is 32.2. The van der Waals surface area contributed by atoms with E-state index in [4.69, 9.17) is 22.6 Å². The Hall–Kier alpha value is -3.42. The third kappa shape index (κ3) is 11.0. The molecule has 0 saturated heterocycles. The number of benzene rings is 1. The van der Waals surface area contributed by atoms with Crippen LogP contribution in [-0.4, -0.2) is 28.1 Å². The third-order valence-electron chi connectivity index (χ3n) is 5.42. The number of hydrogen-bond donors (Lipinski definition) is 5. The van der Waals surface area contributed by atoms with Gasteiger partial charge in [0.05, 0.1) is 24.0 Å². The number of pyridine rings is 1. The molecule has 0 aliphatic heterocycles. The van der Waals surface area contributed by atoms with Crippen LogP contribution in [0.1, 0.15) is 69.6 Å². The lowest BCUT2D eigenvalue weighted by molar-refractivity contribution is 0.386. The molecule has 1 aromatic carbocycles. The van der Waals surface area contributed by atoms with Crippen LogP contribution < -0.4 is 28.2 Å². The standard InChI is InChI=1S/C23H33N7OS.C2H3N.C2H6/c1-32-15-17-11-16(14-30(26)10-8-24)12-19(13-17)29-22(25)21-20(7-9-27-23(21)31)28-18-5-3-2-4-6-18;1-2-3;1-2/h7-13,18H,2-6,14-15,24,26H2,1H3,(H2,25,29)(H2,27,28,31);1H3;1-2H3/b10-8-;;. The van der Waals surface area contributed by atoms with E-state index in [0.29, 0.717) is 23.8 Å². The molecule has 202 valence electrons. The molecule has 0 spiro atoms. The monoisotopic (exact) mass is 526 g/mol. The molecule has 0 atom stereocenters. The summed E-state index contributed by atoms with van der Waals surface area (Å²) in [4.78, 5) is 20.0. The first kappa shape index (κ1) is 31.6. The van der Waals surface area contributed by atoms with Gasteiger partial charge in [-0.15, -0.1) is 0 Å². The summed E-state index contributed by atoms with van der Waals surface area (Å²) < 4.78 is 0. The number of nitriles is 1.